The maximum Gasteiger partial charge on any atom is 0.270 e. The molecule has 3 aromatic carbocycles. The molecule has 3 saturated heterocycles. The van der Waals surface area contributed by atoms with E-state index in [-0.39, 0.29) is 17.0 Å². The zero-order chi connectivity index (χ0) is 29.6. The Kier molecular flexibility index (Phi) is 7.25. The number of nitro groups is 1. The third kappa shape index (κ3) is 5.12. The van der Waals surface area contributed by atoms with Gasteiger partial charge >= 0.3 is 0 Å². The lowest BCUT2D eigenvalue weighted by molar-refractivity contribution is -0.384. The molecule has 4 heterocycles. The van der Waals surface area contributed by atoms with Crippen LogP contribution >= 0.6 is 0 Å². The van der Waals surface area contributed by atoms with Crippen LogP contribution in [0.4, 0.5) is 5.69 Å². The third-order valence-corrected chi connectivity index (χ3v) is 10.5. The van der Waals surface area contributed by atoms with Crippen molar-refractivity contribution in [3.8, 4) is 0 Å². The van der Waals surface area contributed by atoms with Crippen molar-refractivity contribution in [2.75, 3.05) is 19.6 Å². The van der Waals surface area contributed by atoms with Crippen molar-refractivity contribution in [3.63, 3.8) is 0 Å². The van der Waals surface area contributed by atoms with E-state index in [0.717, 1.165) is 37.1 Å². The van der Waals surface area contributed by atoms with E-state index in [4.69, 9.17) is 4.98 Å². The van der Waals surface area contributed by atoms with Crippen LogP contribution in [-0.2, 0) is 5.41 Å². The maximum atomic E-state index is 13.3. The van der Waals surface area contributed by atoms with Crippen molar-refractivity contribution >= 4 is 22.6 Å². The van der Waals surface area contributed by atoms with E-state index in [1.807, 2.05) is 4.90 Å². The Morgan fingerprint density at radius 3 is 2.35 bits per heavy atom. The van der Waals surface area contributed by atoms with Crippen LogP contribution in [0, 0.1) is 17.0 Å². The number of imidazole rings is 1. The van der Waals surface area contributed by atoms with Gasteiger partial charge in [-0.1, -0.05) is 48.5 Å². The van der Waals surface area contributed by atoms with Gasteiger partial charge in [0.05, 0.1) is 16.0 Å². The second kappa shape index (κ2) is 11.2. The number of piperidine rings is 2. The van der Waals surface area contributed by atoms with Crippen molar-refractivity contribution in [1.29, 1.82) is 0 Å². The summed E-state index contributed by atoms with van der Waals surface area (Å²) in [6.07, 6.45) is 7.71. The number of para-hydroxylation sites is 2. The molecule has 43 heavy (non-hydrogen) atoms. The molecule has 0 spiro atoms. The van der Waals surface area contributed by atoms with Gasteiger partial charge in [-0.2, -0.15) is 0 Å². The molecule has 1 amide bonds. The fraction of sp³-hybridized carbons (Fsp3) is 0.429. The molecular formula is C35H39N5O3. The van der Waals surface area contributed by atoms with Crippen molar-refractivity contribution < 1.29 is 9.72 Å². The van der Waals surface area contributed by atoms with E-state index in [1.165, 1.54) is 48.9 Å². The topological polar surface area (TPSA) is 84.5 Å². The highest BCUT2D eigenvalue weighted by Gasteiger charge is 2.44. The lowest BCUT2D eigenvalue weighted by Crippen LogP contribution is -2.49. The summed E-state index contributed by atoms with van der Waals surface area (Å²) in [5.41, 5.74) is 4.06. The van der Waals surface area contributed by atoms with Crippen LogP contribution in [0.15, 0.2) is 78.9 Å². The molecular weight excluding hydrogens is 538 g/mol. The average molecular weight is 578 g/mol. The highest BCUT2D eigenvalue weighted by molar-refractivity contribution is 5.95. The molecule has 0 N–H and O–H groups in total. The first kappa shape index (κ1) is 27.8. The van der Waals surface area contributed by atoms with E-state index >= 15 is 0 Å². The quantitative estimate of drug-likeness (QED) is 0.181. The molecule has 0 unspecified atom stereocenters. The van der Waals surface area contributed by atoms with E-state index in [1.54, 1.807) is 12.1 Å². The molecule has 0 radical (unpaired) electrons. The molecule has 0 aliphatic carbocycles. The lowest BCUT2D eigenvalue weighted by Gasteiger charge is -2.45. The molecule has 222 valence electrons. The van der Waals surface area contributed by atoms with Crippen LogP contribution in [-0.4, -0.2) is 61.9 Å². The number of hydrogen-bond acceptors (Lipinski definition) is 5. The zero-order valence-electron chi connectivity index (χ0n) is 24.8. The molecule has 3 aliphatic heterocycles. The van der Waals surface area contributed by atoms with Crippen molar-refractivity contribution in [3.05, 3.63) is 106 Å². The average Bonchev–Trinajstić information content (AvgIpc) is 3.50. The highest BCUT2D eigenvalue weighted by Crippen LogP contribution is 2.45. The number of amides is 1. The first-order chi connectivity index (χ1) is 20.9. The molecule has 3 fully saturated rings. The smallest absolute Gasteiger partial charge is 0.270 e. The van der Waals surface area contributed by atoms with Crippen LogP contribution in [0.2, 0.25) is 0 Å². The molecule has 4 aromatic rings. The summed E-state index contributed by atoms with van der Waals surface area (Å²) in [6, 6.07) is 27.1. The van der Waals surface area contributed by atoms with Gasteiger partial charge in [0.25, 0.3) is 11.6 Å². The van der Waals surface area contributed by atoms with Gasteiger partial charge in [0, 0.05) is 48.9 Å². The molecule has 7 rings (SSSR count). The van der Waals surface area contributed by atoms with Crippen LogP contribution in [0.3, 0.4) is 0 Å². The van der Waals surface area contributed by atoms with Gasteiger partial charge in [-0.05, 0) is 87.6 Å². The van der Waals surface area contributed by atoms with Gasteiger partial charge in [-0.25, -0.2) is 4.98 Å². The first-order valence-corrected chi connectivity index (χ1v) is 15.7. The summed E-state index contributed by atoms with van der Waals surface area (Å²) in [5, 5.41) is 11.3. The Hall–Kier alpha value is -4.04. The number of aromatic nitrogens is 2. The van der Waals surface area contributed by atoms with Crippen LogP contribution in [0.1, 0.15) is 72.7 Å². The number of rotatable bonds is 7. The van der Waals surface area contributed by atoms with E-state index in [2.05, 4.69) is 71.0 Å². The number of carbonyl (C=O) groups is 1. The molecule has 2 bridgehead atoms. The van der Waals surface area contributed by atoms with Gasteiger partial charge in [0.1, 0.15) is 5.82 Å². The normalized spacial score (nSPS) is 23.5. The number of likely N-dealkylation sites (tertiary alicyclic amines) is 1. The van der Waals surface area contributed by atoms with Crippen LogP contribution in [0.5, 0.6) is 0 Å². The summed E-state index contributed by atoms with van der Waals surface area (Å²) < 4.78 is 2.50. The number of non-ortho nitro benzene ring substituents is 1. The molecule has 0 saturated carbocycles. The Morgan fingerprint density at radius 1 is 0.930 bits per heavy atom. The summed E-state index contributed by atoms with van der Waals surface area (Å²) in [6.45, 7) is 4.52. The number of nitrogens with zero attached hydrogens (tertiary/aromatic N) is 5. The lowest BCUT2D eigenvalue weighted by atomic mass is 9.70. The van der Waals surface area contributed by atoms with Crippen LogP contribution < -0.4 is 0 Å². The molecule has 3 atom stereocenters. The Balaban J connectivity index is 1.06. The number of nitro benzene ring substituents is 1. The van der Waals surface area contributed by atoms with Crippen molar-refractivity contribution in [1.82, 2.24) is 19.4 Å². The van der Waals surface area contributed by atoms with Gasteiger partial charge in [-0.3, -0.25) is 19.8 Å². The van der Waals surface area contributed by atoms with E-state index < -0.39 is 4.92 Å². The van der Waals surface area contributed by atoms with Gasteiger partial charge < -0.3 is 9.47 Å². The number of aryl methyl sites for hydroxylation is 1. The minimum absolute atomic E-state index is 0.00809. The Morgan fingerprint density at radius 2 is 1.63 bits per heavy atom. The van der Waals surface area contributed by atoms with Crippen LogP contribution in [0.25, 0.3) is 11.0 Å². The standard InChI is InChI=1S/C35H39N5O3/c1-25-36-32-12-5-6-13-33(32)39(25)31-23-28-14-15-29(24-31)38(28)21-18-35(27-9-3-2-4-10-27)16-19-37(20-17-35)34(41)26-8-7-11-30(22-26)40(42)43/h2-13,22,28-29,31H,14-21,23-24H2,1H3/t28-,29+,31+. The maximum absolute atomic E-state index is 13.3. The number of hydrogen-bond donors (Lipinski definition) is 0. The van der Waals surface area contributed by atoms with Gasteiger partial charge in [-0.15, -0.1) is 0 Å². The van der Waals surface area contributed by atoms with Gasteiger partial charge in [0.2, 0.25) is 0 Å². The van der Waals surface area contributed by atoms with Crippen molar-refractivity contribution in [2.24, 2.45) is 0 Å². The summed E-state index contributed by atoms with van der Waals surface area (Å²) in [7, 11) is 0. The second-order valence-electron chi connectivity index (χ2n) is 12.8. The summed E-state index contributed by atoms with van der Waals surface area (Å²) in [5.74, 6) is 1.00. The van der Waals surface area contributed by atoms with E-state index in [0.29, 0.717) is 36.8 Å². The van der Waals surface area contributed by atoms with Crippen molar-refractivity contribution in [2.45, 2.75) is 75.4 Å². The molecule has 8 heteroatoms. The fourth-order valence-corrected chi connectivity index (χ4v) is 8.34. The minimum Gasteiger partial charge on any atom is -0.339 e. The zero-order valence-corrected chi connectivity index (χ0v) is 24.8. The largest absolute Gasteiger partial charge is 0.339 e. The monoisotopic (exact) mass is 577 g/mol. The minimum atomic E-state index is -0.442. The molecule has 1 aromatic heterocycles. The predicted molar refractivity (Wildman–Crippen MR) is 167 cm³/mol. The van der Waals surface area contributed by atoms with E-state index in [9.17, 15) is 14.9 Å². The summed E-state index contributed by atoms with van der Waals surface area (Å²) >= 11 is 0. The third-order valence-electron chi connectivity index (χ3n) is 10.5. The second-order valence-corrected chi connectivity index (χ2v) is 12.8. The number of benzene rings is 3. The Labute approximate surface area is 252 Å². The highest BCUT2D eigenvalue weighted by atomic mass is 16.6. The Bertz CT molecular complexity index is 1630. The van der Waals surface area contributed by atoms with Gasteiger partial charge in [0.15, 0.2) is 0 Å². The predicted octanol–water partition coefficient (Wildman–Crippen LogP) is 6.69. The molecule has 3 aliphatic rings. The molecule has 8 nitrogen and oxygen atoms in total. The summed E-state index contributed by atoms with van der Waals surface area (Å²) in [4.78, 5) is 33.7. The number of fused-ring (bicyclic) bond motifs is 3. The fourth-order valence-electron chi connectivity index (χ4n) is 8.34. The first-order valence-electron chi connectivity index (χ1n) is 15.7. The number of carbonyl (C=O) groups excluding carboxylic acids is 1. The SMILES string of the molecule is Cc1nc2ccccc2n1[C@H]1C[C@H]2CC[C@@H](C1)N2CCC1(c2ccccc2)CCN(C(=O)c2cccc([N+](=O)[O-])c2)CC1.